The Morgan fingerprint density at radius 3 is 2.23 bits per heavy atom. The SMILES string of the molecule is Cl.Cl.NCc1nc(C(=O)N2CCN(CC(=O)N3CCCCC3)CC2)cs1. The Balaban J connectivity index is 0.00000169. The maximum absolute atomic E-state index is 12.4. The van der Waals surface area contributed by atoms with Gasteiger partial charge < -0.3 is 15.5 Å². The van der Waals surface area contributed by atoms with Gasteiger partial charge >= 0.3 is 0 Å². The van der Waals surface area contributed by atoms with Crippen LogP contribution >= 0.6 is 36.2 Å². The molecule has 0 spiro atoms. The van der Waals surface area contributed by atoms with Gasteiger partial charge in [-0.15, -0.1) is 36.2 Å². The highest BCUT2D eigenvalue weighted by Crippen LogP contribution is 2.14. The molecule has 0 aromatic carbocycles. The number of amides is 2. The predicted molar refractivity (Wildman–Crippen MR) is 107 cm³/mol. The smallest absolute Gasteiger partial charge is 0.273 e. The Kier molecular flexibility index (Phi) is 9.81. The second-order valence-corrected chi connectivity index (χ2v) is 7.28. The van der Waals surface area contributed by atoms with Crippen LogP contribution in [0.3, 0.4) is 0 Å². The Hall–Kier alpha value is -0.930. The summed E-state index contributed by atoms with van der Waals surface area (Å²) < 4.78 is 0. The average Bonchev–Trinajstić information content (AvgIpc) is 3.11. The molecule has 10 heteroatoms. The molecule has 0 atom stereocenters. The van der Waals surface area contributed by atoms with Crippen molar-refractivity contribution in [2.45, 2.75) is 25.8 Å². The highest BCUT2D eigenvalue weighted by molar-refractivity contribution is 7.09. The van der Waals surface area contributed by atoms with Crippen molar-refractivity contribution in [3.05, 3.63) is 16.1 Å². The lowest BCUT2D eigenvalue weighted by atomic mass is 10.1. The van der Waals surface area contributed by atoms with E-state index in [4.69, 9.17) is 5.73 Å². The maximum atomic E-state index is 12.4. The second-order valence-electron chi connectivity index (χ2n) is 6.34. The second kappa shape index (κ2) is 11.0. The van der Waals surface area contributed by atoms with E-state index in [0.717, 1.165) is 44.0 Å². The van der Waals surface area contributed by atoms with Gasteiger partial charge in [-0.25, -0.2) is 4.98 Å². The lowest BCUT2D eigenvalue weighted by Crippen LogP contribution is -2.52. The van der Waals surface area contributed by atoms with Crippen molar-refractivity contribution in [2.75, 3.05) is 45.8 Å². The number of piperazine rings is 1. The zero-order chi connectivity index (χ0) is 16.9. The van der Waals surface area contributed by atoms with E-state index in [-0.39, 0.29) is 36.6 Å². The van der Waals surface area contributed by atoms with Crippen LogP contribution in [0.2, 0.25) is 0 Å². The zero-order valence-electron chi connectivity index (χ0n) is 14.8. The number of rotatable bonds is 4. The van der Waals surface area contributed by atoms with Crippen LogP contribution in [0.25, 0.3) is 0 Å². The molecular weight excluding hydrogens is 397 g/mol. The van der Waals surface area contributed by atoms with Crippen molar-refractivity contribution in [2.24, 2.45) is 5.73 Å². The summed E-state index contributed by atoms with van der Waals surface area (Å²) >= 11 is 1.42. The molecule has 1 aromatic rings. The number of carbonyl (C=O) groups is 2. The maximum Gasteiger partial charge on any atom is 0.273 e. The van der Waals surface area contributed by atoms with Crippen LogP contribution in [-0.4, -0.2) is 77.3 Å². The van der Waals surface area contributed by atoms with E-state index in [1.807, 2.05) is 9.80 Å². The first-order chi connectivity index (χ1) is 11.7. The van der Waals surface area contributed by atoms with E-state index in [2.05, 4.69) is 9.88 Å². The number of nitrogens with two attached hydrogens (primary N) is 1. The molecule has 2 fully saturated rings. The molecule has 2 aliphatic heterocycles. The number of piperidine rings is 1. The van der Waals surface area contributed by atoms with Gasteiger partial charge in [-0.2, -0.15) is 0 Å². The molecule has 0 aliphatic carbocycles. The van der Waals surface area contributed by atoms with Crippen LogP contribution < -0.4 is 5.73 Å². The minimum Gasteiger partial charge on any atom is -0.342 e. The monoisotopic (exact) mass is 423 g/mol. The number of aromatic nitrogens is 1. The molecule has 2 N–H and O–H groups in total. The number of hydrogen-bond donors (Lipinski definition) is 1. The molecule has 2 aliphatic rings. The molecule has 1 aromatic heterocycles. The van der Waals surface area contributed by atoms with E-state index >= 15 is 0 Å². The molecule has 3 rings (SSSR count). The summed E-state index contributed by atoms with van der Waals surface area (Å²) in [4.78, 5) is 35.0. The zero-order valence-corrected chi connectivity index (χ0v) is 17.2. The molecule has 7 nitrogen and oxygen atoms in total. The Labute approximate surface area is 170 Å². The van der Waals surface area contributed by atoms with Gasteiger partial charge in [0.05, 0.1) is 6.54 Å². The summed E-state index contributed by atoms with van der Waals surface area (Å²) in [6, 6.07) is 0. The fourth-order valence-corrected chi connectivity index (χ4v) is 3.86. The molecule has 2 amide bonds. The van der Waals surface area contributed by atoms with E-state index < -0.39 is 0 Å². The number of nitrogens with zero attached hydrogens (tertiary/aromatic N) is 4. The van der Waals surface area contributed by atoms with Gasteiger partial charge in [0.2, 0.25) is 5.91 Å². The van der Waals surface area contributed by atoms with Crippen molar-refractivity contribution in [1.29, 1.82) is 0 Å². The molecule has 2 saturated heterocycles. The third-order valence-electron chi connectivity index (χ3n) is 4.67. The Morgan fingerprint density at radius 2 is 1.65 bits per heavy atom. The normalized spacial score (nSPS) is 18.0. The molecule has 26 heavy (non-hydrogen) atoms. The van der Waals surface area contributed by atoms with Crippen LogP contribution in [0, 0.1) is 0 Å². The van der Waals surface area contributed by atoms with Crippen LogP contribution in [0.5, 0.6) is 0 Å². The van der Waals surface area contributed by atoms with Gasteiger partial charge in [0.1, 0.15) is 10.7 Å². The van der Waals surface area contributed by atoms with Gasteiger partial charge in [-0.1, -0.05) is 0 Å². The average molecular weight is 424 g/mol. The summed E-state index contributed by atoms with van der Waals surface area (Å²) in [7, 11) is 0. The van der Waals surface area contributed by atoms with Crippen LogP contribution in [0.1, 0.15) is 34.8 Å². The molecule has 148 valence electrons. The number of halogens is 2. The van der Waals surface area contributed by atoms with E-state index in [1.54, 1.807) is 5.38 Å². The number of hydrogen-bond acceptors (Lipinski definition) is 6. The third-order valence-corrected chi connectivity index (χ3v) is 5.54. The largest absolute Gasteiger partial charge is 0.342 e. The van der Waals surface area contributed by atoms with E-state index in [1.165, 1.54) is 17.8 Å². The topological polar surface area (TPSA) is 82.8 Å². The van der Waals surface area contributed by atoms with Crippen molar-refractivity contribution in [1.82, 2.24) is 19.7 Å². The molecule has 0 unspecified atom stereocenters. The summed E-state index contributed by atoms with van der Waals surface area (Å²) in [5.41, 5.74) is 6.03. The van der Waals surface area contributed by atoms with E-state index in [9.17, 15) is 9.59 Å². The van der Waals surface area contributed by atoms with Gasteiger partial charge in [-0.3, -0.25) is 14.5 Å². The molecule has 0 bridgehead atoms. The minimum atomic E-state index is -0.0343. The van der Waals surface area contributed by atoms with Crippen LogP contribution in [0.15, 0.2) is 5.38 Å². The number of thiazole rings is 1. The van der Waals surface area contributed by atoms with Gasteiger partial charge in [0.15, 0.2) is 0 Å². The molecule has 0 radical (unpaired) electrons. The van der Waals surface area contributed by atoms with Crippen LogP contribution in [-0.2, 0) is 11.3 Å². The lowest BCUT2D eigenvalue weighted by molar-refractivity contribution is -0.133. The fraction of sp³-hybridized carbons (Fsp3) is 0.688. The fourth-order valence-electron chi connectivity index (χ4n) is 3.21. The summed E-state index contributed by atoms with van der Waals surface area (Å²) in [5, 5.41) is 2.56. The van der Waals surface area contributed by atoms with Crippen molar-refractivity contribution >= 4 is 48.0 Å². The summed E-state index contributed by atoms with van der Waals surface area (Å²) in [5.74, 6) is 0.189. The predicted octanol–water partition coefficient (Wildman–Crippen LogP) is 1.22. The van der Waals surface area contributed by atoms with Crippen molar-refractivity contribution < 1.29 is 9.59 Å². The molecular formula is C16H27Cl2N5O2S. The lowest BCUT2D eigenvalue weighted by Gasteiger charge is -2.35. The highest BCUT2D eigenvalue weighted by Gasteiger charge is 2.26. The number of likely N-dealkylation sites (tertiary alicyclic amines) is 1. The van der Waals surface area contributed by atoms with Gasteiger partial charge in [0, 0.05) is 51.2 Å². The summed E-state index contributed by atoms with van der Waals surface area (Å²) in [6.45, 7) is 5.37. The Bertz CT molecular complexity index is 587. The third kappa shape index (κ3) is 5.79. The van der Waals surface area contributed by atoms with Gasteiger partial charge in [0.25, 0.3) is 5.91 Å². The first-order valence-corrected chi connectivity index (χ1v) is 9.49. The Morgan fingerprint density at radius 1 is 1.00 bits per heavy atom. The van der Waals surface area contributed by atoms with Gasteiger partial charge in [-0.05, 0) is 19.3 Å². The first kappa shape index (κ1) is 23.1. The van der Waals surface area contributed by atoms with Crippen molar-refractivity contribution in [3.8, 4) is 0 Å². The molecule has 0 saturated carbocycles. The minimum absolute atomic E-state index is 0. The highest BCUT2D eigenvalue weighted by atomic mass is 35.5. The first-order valence-electron chi connectivity index (χ1n) is 8.61. The quantitative estimate of drug-likeness (QED) is 0.786. The standard InChI is InChI=1S/C16H25N5O2S.2ClH/c17-10-14-18-13(12-24-14)16(23)21-8-6-19(7-9-21)11-15(22)20-4-2-1-3-5-20;;/h12H,1-11,17H2;2*1H. The summed E-state index contributed by atoms with van der Waals surface area (Å²) in [6.07, 6.45) is 3.46. The number of carbonyl (C=O) groups excluding carboxylic acids is 2. The van der Waals surface area contributed by atoms with E-state index in [0.29, 0.717) is 31.9 Å². The van der Waals surface area contributed by atoms with Crippen LogP contribution in [0.4, 0.5) is 0 Å². The molecule has 3 heterocycles. The van der Waals surface area contributed by atoms with Crippen molar-refractivity contribution in [3.63, 3.8) is 0 Å².